The van der Waals surface area contributed by atoms with Crippen LogP contribution < -0.4 is 10.5 Å². The van der Waals surface area contributed by atoms with Gasteiger partial charge in [-0.3, -0.25) is 4.98 Å². The van der Waals surface area contributed by atoms with Gasteiger partial charge in [-0.2, -0.15) is 0 Å². The average molecular weight is 321 g/mol. The minimum Gasteiger partial charge on any atom is -0.496 e. The maximum atomic E-state index is 6.22. The molecule has 1 aromatic heterocycles. The number of aromatic nitrogens is 1. The molecule has 0 spiro atoms. The molecule has 0 aliphatic rings. The van der Waals surface area contributed by atoms with Crippen molar-refractivity contribution in [1.29, 1.82) is 0 Å². The second-order valence-corrected chi connectivity index (χ2v) is 5.44. The van der Waals surface area contributed by atoms with Crippen molar-refractivity contribution >= 4 is 15.9 Å². The third kappa shape index (κ3) is 3.55. The van der Waals surface area contributed by atoms with E-state index in [1.807, 2.05) is 24.3 Å². The number of rotatable bonds is 4. The number of nitrogens with two attached hydrogens (primary N) is 1. The maximum Gasteiger partial charge on any atom is 0.122 e. The molecule has 0 aliphatic heterocycles. The maximum absolute atomic E-state index is 6.22. The van der Waals surface area contributed by atoms with Gasteiger partial charge >= 0.3 is 0 Å². The molecule has 19 heavy (non-hydrogen) atoms. The molecule has 2 N–H and O–H groups in total. The first kappa shape index (κ1) is 14.0. The Morgan fingerprint density at radius 2 is 2.11 bits per heavy atom. The molecule has 0 saturated carbocycles. The van der Waals surface area contributed by atoms with Crippen molar-refractivity contribution < 1.29 is 4.74 Å². The molecule has 100 valence electrons. The molecule has 3 nitrogen and oxygen atoms in total. The van der Waals surface area contributed by atoms with E-state index in [4.69, 9.17) is 10.5 Å². The Morgan fingerprint density at radius 3 is 2.74 bits per heavy atom. The Morgan fingerprint density at radius 1 is 1.32 bits per heavy atom. The smallest absolute Gasteiger partial charge is 0.122 e. The zero-order chi connectivity index (χ0) is 13.8. The molecule has 0 saturated heterocycles. The first-order chi connectivity index (χ1) is 9.10. The van der Waals surface area contributed by atoms with Crippen LogP contribution in [-0.2, 0) is 6.42 Å². The standard InChI is InChI=1S/C15H17BrN2O/c1-10-3-6-15(19-2)11(7-10)8-13(17)14-5-4-12(16)9-18-14/h3-7,9,13H,8,17H2,1-2H3. The number of hydrogen-bond acceptors (Lipinski definition) is 3. The lowest BCUT2D eigenvalue weighted by molar-refractivity contribution is 0.408. The minimum atomic E-state index is -0.135. The van der Waals surface area contributed by atoms with Gasteiger partial charge in [0.1, 0.15) is 5.75 Å². The third-order valence-electron chi connectivity index (χ3n) is 3.01. The van der Waals surface area contributed by atoms with Gasteiger partial charge in [0.25, 0.3) is 0 Å². The molecule has 4 heteroatoms. The molecular formula is C15H17BrN2O. The van der Waals surface area contributed by atoms with Crippen molar-refractivity contribution in [3.05, 3.63) is 57.8 Å². The summed E-state index contributed by atoms with van der Waals surface area (Å²) in [6, 6.07) is 9.88. The molecule has 0 bridgehead atoms. The molecule has 0 radical (unpaired) electrons. The van der Waals surface area contributed by atoms with E-state index in [-0.39, 0.29) is 6.04 Å². The SMILES string of the molecule is COc1ccc(C)cc1CC(N)c1ccc(Br)cn1. The average Bonchev–Trinajstić information content (AvgIpc) is 2.39. The zero-order valence-corrected chi connectivity index (χ0v) is 12.6. The van der Waals surface area contributed by atoms with Gasteiger partial charge in [-0.25, -0.2) is 0 Å². The highest BCUT2D eigenvalue weighted by molar-refractivity contribution is 9.10. The molecular weight excluding hydrogens is 304 g/mol. The van der Waals surface area contributed by atoms with Crippen LogP contribution in [0.25, 0.3) is 0 Å². The highest BCUT2D eigenvalue weighted by Crippen LogP contribution is 2.24. The second-order valence-electron chi connectivity index (χ2n) is 4.53. The van der Waals surface area contributed by atoms with Crippen LogP contribution >= 0.6 is 15.9 Å². The summed E-state index contributed by atoms with van der Waals surface area (Å²) in [6.45, 7) is 2.06. The molecule has 1 unspecified atom stereocenters. The van der Waals surface area contributed by atoms with Gasteiger partial charge in [0.05, 0.1) is 18.8 Å². The summed E-state index contributed by atoms with van der Waals surface area (Å²) in [5.41, 5.74) is 9.41. The fourth-order valence-electron chi connectivity index (χ4n) is 2.01. The van der Waals surface area contributed by atoms with Gasteiger partial charge in [0.15, 0.2) is 0 Å². The summed E-state index contributed by atoms with van der Waals surface area (Å²) in [5.74, 6) is 0.873. The summed E-state index contributed by atoms with van der Waals surface area (Å²) >= 11 is 3.37. The van der Waals surface area contributed by atoms with Gasteiger partial charge in [0.2, 0.25) is 0 Å². The Hall–Kier alpha value is -1.39. The van der Waals surface area contributed by atoms with Gasteiger partial charge in [-0.15, -0.1) is 0 Å². The monoisotopic (exact) mass is 320 g/mol. The predicted octanol–water partition coefficient (Wildman–Crippen LogP) is 3.40. The van der Waals surface area contributed by atoms with Crippen molar-refractivity contribution in [1.82, 2.24) is 4.98 Å². The quantitative estimate of drug-likeness (QED) is 0.939. The first-order valence-electron chi connectivity index (χ1n) is 6.10. The zero-order valence-electron chi connectivity index (χ0n) is 11.1. The van der Waals surface area contributed by atoms with E-state index in [1.54, 1.807) is 13.3 Å². The highest BCUT2D eigenvalue weighted by Gasteiger charge is 2.12. The summed E-state index contributed by atoms with van der Waals surface area (Å²) in [5, 5.41) is 0. The van der Waals surface area contributed by atoms with Crippen LogP contribution in [0.2, 0.25) is 0 Å². The van der Waals surface area contributed by atoms with Crippen molar-refractivity contribution in [3.8, 4) is 5.75 Å². The Balaban J connectivity index is 2.20. The van der Waals surface area contributed by atoms with Gasteiger partial charge < -0.3 is 10.5 Å². The molecule has 1 aromatic carbocycles. The van der Waals surface area contributed by atoms with Crippen LogP contribution in [0.1, 0.15) is 22.9 Å². The third-order valence-corrected chi connectivity index (χ3v) is 3.47. The molecule has 1 heterocycles. The summed E-state index contributed by atoms with van der Waals surface area (Å²) < 4.78 is 6.33. The fourth-order valence-corrected chi connectivity index (χ4v) is 2.25. The lowest BCUT2D eigenvalue weighted by Gasteiger charge is -2.14. The number of halogens is 1. The topological polar surface area (TPSA) is 48.1 Å². The number of ether oxygens (including phenoxy) is 1. The second kappa shape index (κ2) is 6.17. The van der Waals surface area contributed by atoms with Crippen LogP contribution in [0.5, 0.6) is 5.75 Å². The summed E-state index contributed by atoms with van der Waals surface area (Å²) in [7, 11) is 1.68. The van der Waals surface area contributed by atoms with Crippen LogP contribution in [0.15, 0.2) is 41.0 Å². The first-order valence-corrected chi connectivity index (χ1v) is 6.90. The van der Waals surface area contributed by atoms with Crippen molar-refractivity contribution in [3.63, 3.8) is 0 Å². The lowest BCUT2D eigenvalue weighted by Crippen LogP contribution is -2.15. The fraction of sp³-hybridized carbons (Fsp3) is 0.267. The Bertz CT molecular complexity index is 555. The van der Waals surface area contributed by atoms with Crippen LogP contribution in [0.4, 0.5) is 0 Å². The highest BCUT2D eigenvalue weighted by atomic mass is 79.9. The number of aryl methyl sites for hydroxylation is 1. The van der Waals surface area contributed by atoms with E-state index in [1.165, 1.54) is 5.56 Å². The normalized spacial score (nSPS) is 12.2. The summed E-state index contributed by atoms with van der Waals surface area (Å²) in [6.07, 6.45) is 2.47. The van der Waals surface area contributed by atoms with E-state index >= 15 is 0 Å². The predicted molar refractivity (Wildman–Crippen MR) is 80.3 cm³/mol. The molecule has 2 aromatic rings. The number of nitrogens with zero attached hydrogens (tertiary/aromatic N) is 1. The van der Waals surface area contributed by atoms with E-state index in [2.05, 4.69) is 33.9 Å². The molecule has 0 amide bonds. The largest absolute Gasteiger partial charge is 0.496 e. The molecule has 2 rings (SSSR count). The van der Waals surface area contributed by atoms with E-state index in [0.29, 0.717) is 6.42 Å². The van der Waals surface area contributed by atoms with E-state index in [9.17, 15) is 0 Å². The number of hydrogen-bond donors (Lipinski definition) is 1. The molecule has 1 atom stereocenters. The lowest BCUT2D eigenvalue weighted by atomic mass is 10.0. The van der Waals surface area contributed by atoms with Crippen LogP contribution in [0.3, 0.4) is 0 Å². The van der Waals surface area contributed by atoms with Crippen molar-refractivity contribution in [2.24, 2.45) is 5.73 Å². The number of pyridine rings is 1. The molecule has 0 aliphatic carbocycles. The summed E-state index contributed by atoms with van der Waals surface area (Å²) in [4.78, 5) is 4.34. The van der Waals surface area contributed by atoms with Crippen molar-refractivity contribution in [2.45, 2.75) is 19.4 Å². The Kier molecular flexibility index (Phi) is 4.56. The molecule has 0 fully saturated rings. The Labute approximate surface area is 121 Å². The van der Waals surface area contributed by atoms with Gasteiger partial charge in [0, 0.05) is 10.7 Å². The number of methoxy groups -OCH3 is 1. The van der Waals surface area contributed by atoms with E-state index in [0.717, 1.165) is 21.5 Å². The van der Waals surface area contributed by atoms with Crippen molar-refractivity contribution in [2.75, 3.05) is 7.11 Å². The number of benzene rings is 1. The van der Waals surface area contributed by atoms with E-state index < -0.39 is 0 Å². The van der Waals surface area contributed by atoms with Gasteiger partial charge in [-0.05, 0) is 53.0 Å². The van der Waals surface area contributed by atoms with Gasteiger partial charge in [-0.1, -0.05) is 17.7 Å². The minimum absolute atomic E-state index is 0.135. The van der Waals surface area contributed by atoms with Crippen LogP contribution in [-0.4, -0.2) is 12.1 Å². The van der Waals surface area contributed by atoms with Crippen LogP contribution in [0, 0.1) is 6.92 Å².